The first-order valence-electron chi connectivity index (χ1n) is 5.48. The lowest BCUT2D eigenvalue weighted by molar-refractivity contribution is -0.116. The Morgan fingerprint density at radius 1 is 1.47 bits per heavy atom. The normalized spacial score (nSPS) is 10.6. The number of halogens is 1. The number of primary amides is 1. The summed E-state index contributed by atoms with van der Waals surface area (Å²) in [6.07, 6.45) is 0. The zero-order valence-electron chi connectivity index (χ0n) is 10.1. The molecule has 0 spiro atoms. The van der Waals surface area contributed by atoms with E-state index in [1.54, 1.807) is 18.2 Å². The van der Waals surface area contributed by atoms with Crippen LogP contribution >= 0.6 is 11.6 Å². The van der Waals surface area contributed by atoms with Crippen molar-refractivity contribution in [1.82, 2.24) is 0 Å². The maximum Gasteiger partial charge on any atom is 0.236 e. The van der Waals surface area contributed by atoms with Crippen LogP contribution in [0, 0.1) is 5.92 Å². The molecule has 1 aromatic rings. The van der Waals surface area contributed by atoms with E-state index < -0.39 is 0 Å². The molecule has 0 bridgehead atoms. The average molecular weight is 256 g/mol. The van der Waals surface area contributed by atoms with Gasteiger partial charge in [0.25, 0.3) is 0 Å². The van der Waals surface area contributed by atoms with Crippen LogP contribution in [0.25, 0.3) is 0 Å². The van der Waals surface area contributed by atoms with Gasteiger partial charge in [-0.3, -0.25) is 4.79 Å². The zero-order chi connectivity index (χ0) is 13.0. The molecule has 4 N–H and O–H groups in total. The Balaban J connectivity index is 3.02. The third-order valence-corrected chi connectivity index (χ3v) is 2.50. The van der Waals surface area contributed by atoms with Gasteiger partial charge in [-0.2, -0.15) is 0 Å². The van der Waals surface area contributed by atoms with Crippen LogP contribution in [0.4, 0.5) is 11.4 Å². The predicted molar refractivity (Wildman–Crippen MR) is 72.1 cm³/mol. The minimum absolute atomic E-state index is 0.142. The molecule has 1 aromatic carbocycles. The number of anilines is 2. The van der Waals surface area contributed by atoms with Crippen molar-refractivity contribution in [3.63, 3.8) is 0 Å². The van der Waals surface area contributed by atoms with Crippen LogP contribution in [0.5, 0.6) is 0 Å². The molecule has 1 amide bonds. The second-order valence-electron chi connectivity index (χ2n) is 4.44. The standard InChI is InChI=1S/C12H18ClN3O/c1-8(2)6-16(7-12(15)17)11-5-9(13)3-4-10(11)14/h3-5,8H,6-7,14H2,1-2H3,(H2,15,17). The summed E-state index contributed by atoms with van der Waals surface area (Å²) in [7, 11) is 0. The number of rotatable bonds is 5. The van der Waals surface area contributed by atoms with E-state index in [-0.39, 0.29) is 12.5 Å². The van der Waals surface area contributed by atoms with Gasteiger partial charge in [0.05, 0.1) is 17.9 Å². The van der Waals surface area contributed by atoms with Gasteiger partial charge < -0.3 is 16.4 Å². The minimum atomic E-state index is -0.384. The molecule has 0 aliphatic heterocycles. The topological polar surface area (TPSA) is 72.3 Å². The molecule has 0 radical (unpaired) electrons. The first-order chi connectivity index (χ1) is 7.90. The Hall–Kier alpha value is -1.42. The molecule has 17 heavy (non-hydrogen) atoms. The molecule has 0 saturated carbocycles. The van der Waals surface area contributed by atoms with Crippen molar-refractivity contribution in [3.05, 3.63) is 23.2 Å². The van der Waals surface area contributed by atoms with Crippen LogP contribution in [-0.4, -0.2) is 19.0 Å². The van der Waals surface area contributed by atoms with E-state index in [4.69, 9.17) is 23.1 Å². The molecule has 4 nitrogen and oxygen atoms in total. The van der Waals surface area contributed by atoms with Crippen molar-refractivity contribution >= 4 is 28.9 Å². The summed E-state index contributed by atoms with van der Waals surface area (Å²) in [6, 6.07) is 5.20. The highest BCUT2D eigenvalue weighted by Gasteiger charge is 2.14. The molecule has 0 atom stereocenters. The lowest BCUT2D eigenvalue weighted by Gasteiger charge is -2.26. The van der Waals surface area contributed by atoms with Gasteiger partial charge in [-0.15, -0.1) is 0 Å². The van der Waals surface area contributed by atoms with Crippen molar-refractivity contribution in [1.29, 1.82) is 0 Å². The number of carbonyl (C=O) groups excluding carboxylic acids is 1. The number of hydrogen-bond acceptors (Lipinski definition) is 3. The highest BCUT2D eigenvalue weighted by molar-refractivity contribution is 6.31. The molecule has 0 heterocycles. The molecular formula is C12H18ClN3O. The van der Waals surface area contributed by atoms with Crippen molar-refractivity contribution in [2.24, 2.45) is 11.7 Å². The Morgan fingerprint density at radius 2 is 2.12 bits per heavy atom. The van der Waals surface area contributed by atoms with E-state index in [1.165, 1.54) is 0 Å². The van der Waals surface area contributed by atoms with E-state index in [1.807, 2.05) is 4.90 Å². The maximum atomic E-state index is 11.1. The number of carbonyl (C=O) groups is 1. The van der Waals surface area contributed by atoms with E-state index in [0.29, 0.717) is 23.2 Å². The molecule has 5 heteroatoms. The molecule has 94 valence electrons. The smallest absolute Gasteiger partial charge is 0.236 e. The third kappa shape index (κ3) is 4.15. The molecule has 1 rings (SSSR count). The number of nitrogens with zero attached hydrogens (tertiary/aromatic N) is 1. The Labute approximate surface area is 107 Å². The fourth-order valence-corrected chi connectivity index (χ4v) is 1.83. The van der Waals surface area contributed by atoms with Crippen molar-refractivity contribution in [2.45, 2.75) is 13.8 Å². The molecule has 0 aliphatic rings. The maximum absolute atomic E-state index is 11.1. The lowest BCUT2D eigenvalue weighted by Crippen LogP contribution is -2.36. The Bertz CT molecular complexity index is 407. The average Bonchev–Trinajstić information content (AvgIpc) is 2.19. The van der Waals surface area contributed by atoms with E-state index in [2.05, 4.69) is 13.8 Å². The summed E-state index contributed by atoms with van der Waals surface area (Å²) < 4.78 is 0. The number of benzene rings is 1. The van der Waals surface area contributed by atoms with Crippen LogP contribution in [-0.2, 0) is 4.79 Å². The number of hydrogen-bond donors (Lipinski definition) is 2. The summed E-state index contributed by atoms with van der Waals surface area (Å²) in [6.45, 7) is 4.97. The number of amides is 1. The largest absolute Gasteiger partial charge is 0.397 e. The van der Waals surface area contributed by atoms with Gasteiger partial charge in [-0.1, -0.05) is 25.4 Å². The quantitative estimate of drug-likeness (QED) is 0.789. The summed E-state index contributed by atoms with van der Waals surface area (Å²) in [4.78, 5) is 12.9. The highest BCUT2D eigenvalue weighted by atomic mass is 35.5. The van der Waals surface area contributed by atoms with Gasteiger partial charge in [0.2, 0.25) is 5.91 Å². The highest BCUT2D eigenvalue weighted by Crippen LogP contribution is 2.27. The fourth-order valence-electron chi connectivity index (χ4n) is 1.67. The van der Waals surface area contributed by atoms with Gasteiger partial charge in [-0.25, -0.2) is 0 Å². The second-order valence-corrected chi connectivity index (χ2v) is 4.88. The summed E-state index contributed by atoms with van der Waals surface area (Å²) in [5.74, 6) is 0.0118. The zero-order valence-corrected chi connectivity index (χ0v) is 10.9. The fraction of sp³-hybridized carbons (Fsp3) is 0.417. The Kier molecular flexibility index (Phi) is 4.63. The van der Waals surface area contributed by atoms with Crippen molar-refractivity contribution in [3.8, 4) is 0 Å². The van der Waals surface area contributed by atoms with E-state index >= 15 is 0 Å². The van der Waals surface area contributed by atoms with Crippen molar-refractivity contribution in [2.75, 3.05) is 23.7 Å². The van der Waals surface area contributed by atoms with Crippen LogP contribution in [0.15, 0.2) is 18.2 Å². The first kappa shape index (κ1) is 13.6. The van der Waals surface area contributed by atoms with Crippen molar-refractivity contribution < 1.29 is 4.79 Å². The SMILES string of the molecule is CC(C)CN(CC(N)=O)c1cc(Cl)ccc1N. The monoisotopic (exact) mass is 255 g/mol. The van der Waals surface area contributed by atoms with Gasteiger partial charge >= 0.3 is 0 Å². The van der Waals surface area contributed by atoms with Crippen LogP contribution < -0.4 is 16.4 Å². The molecule has 0 saturated heterocycles. The third-order valence-electron chi connectivity index (χ3n) is 2.27. The minimum Gasteiger partial charge on any atom is -0.397 e. The van der Waals surface area contributed by atoms with Gasteiger partial charge in [0.15, 0.2) is 0 Å². The summed E-state index contributed by atoms with van der Waals surface area (Å²) in [5.41, 5.74) is 12.5. The lowest BCUT2D eigenvalue weighted by atomic mass is 10.1. The molecular weight excluding hydrogens is 238 g/mol. The van der Waals surface area contributed by atoms with Gasteiger partial charge in [-0.05, 0) is 24.1 Å². The van der Waals surface area contributed by atoms with E-state index in [9.17, 15) is 4.79 Å². The van der Waals surface area contributed by atoms with Gasteiger partial charge in [0.1, 0.15) is 0 Å². The number of nitrogen functional groups attached to an aromatic ring is 1. The Morgan fingerprint density at radius 3 is 2.65 bits per heavy atom. The van der Waals surface area contributed by atoms with Crippen LogP contribution in [0.1, 0.15) is 13.8 Å². The molecule has 0 fully saturated rings. The predicted octanol–water partition coefficient (Wildman–Crippen LogP) is 1.87. The van der Waals surface area contributed by atoms with Crippen LogP contribution in [0.2, 0.25) is 5.02 Å². The summed E-state index contributed by atoms with van der Waals surface area (Å²) in [5, 5.41) is 0.590. The number of nitrogens with two attached hydrogens (primary N) is 2. The summed E-state index contributed by atoms with van der Waals surface area (Å²) >= 11 is 5.94. The molecule has 0 unspecified atom stereocenters. The first-order valence-corrected chi connectivity index (χ1v) is 5.86. The van der Waals surface area contributed by atoms with Crippen LogP contribution in [0.3, 0.4) is 0 Å². The second kappa shape index (κ2) is 5.77. The molecule has 0 aliphatic carbocycles. The molecule has 0 aromatic heterocycles. The van der Waals surface area contributed by atoms with E-state index in [0.717, 1.165) is 5.69 Å². The van der Waals surface area contributed by atoms with Gasteiger partial charge in [0, 0.05) is 11.6 Å².